The van der Waals surface area contributed by atoms with Crippen molar-refractivity contribution in [2.24, 2.45) is 0 Å². The van der Waals surface area contributed by atoms with Crippen molar-refractivity contribution in [1.29, 1.82) is 0 Å². The van der Waals surface area contributed by atoms with E-state index in [4.69, 9.17) is 0 Å². The Morgan fingerprint density at radius 2 is 2.20 bits per heavy atom. The van der Waals surface area contributed by atoms with Crippen LogP contribution in [0.3, 0.4) is 0 Å². The first-order valence-corrected chi connectivity index (χ1v) is 3.31. The number of hydrogen-bond donors (Lipinski definition) is 0. The number of hydrogen-bond acceptors (Lipinski definition) is 1. The zero-order chi connectivity index (χ0) is 3.91. The second kappa shape index (κ2) is 0.909. The van der Waals surface area contributed by atoms with Crippen LogP contribution in [0.15, 0.2) is 0 Å². The molecule has 0 aliphatic carbocycles. The second-order valence-electron chi connectivity index (χ2n) is 1.39. The molecule has 1 unspecified atom stereocenters. The van der Waals surface area contributed by atoms with Gasteiger partial charge in [-0.05, 0) is 6.92 Å². The fourth-order valence-electron chi connectivity index (χ4n) is 0.0994. The summed E-state index contributed by atoms with van der Waals surface area (Å²) < 4.78 is 0.479. The van der Waals surface area contributed by atoms with Crippen LogP contribution in [-0.2, 0) is 0 Å². The lowest BCUT2D eigenvalue weighted by molar-refractivity contribution is 1.18. The summed E-state index contributed by atoms with van der Waals surface area (Å²) in [4.78, 5) is 0. The van der Waals surface area contributed by atoms with Gasteiger partial charge in [0.05, 0.1) is 3.66 Å². The van der Waals surface area contributed by atoms with Crippen LogP contribution in [0.2, 0.25) is 0 Å². The van der Waals surface area contributed by atoms with Crippen molar-refractivity contribution < 1.29 is 0 Å². The number of thioether (sulfide) groups is 1. The Labute approximate surface area is 44.5 Å². The summed E-state index contributed by atoms with van der Waals surface area (Å²) >= 11 is 5.39. The minimum Gasteiger partial charge on any atom is -0.141 e. The molecule has 0 nitrogen and oxygen atoms in total. The van der Waals surface area contributed by atoms with Crippen LogP contribution in [0.25, 0.3) is 0 Å². The zero-order valence-corrected chi connectivity index (χ0v) is 5.40. The van der Waals surface area contributed by atoms with Gasteiger partial charge >= 0.3 is 0 Å². The zero-order valence-electron chi connectivity index (χ0n) is 2.99. The molecule has 1 rings (SSSR count). The van der Waals surface area contributed by atoms with Crippen molar-refractivity contribution >= 4 is 27.7 Å². The van der Waals surface area contributed by atoms with Gasteiger partial charge in [0.25, 0.3) is 0 Å². The summed E-state index contributed by atoms with van der Waals surface area (Å²) in [6, 6.07) is 0. The highest BCUT2D eigenvalue weighted by molar-refractivity contribution is 9.12. The highest BCUT2D eigenvalue weighted by atomic mass is 79.9. The molecule has 0 spiro atoms. The fraction of sp³-hybridized carbons (Fsp3) is 1.00. The summed E-state index contributed by atoms with van der Waals surface area (Å²) in [5.74, 6) is 1.28. The fourth-order valence-corrected chi connectivity index (χ4v) is 0.642. The van der Waals surface area contributed by atoms with Gasteiger partial charge in [-0.2, -0.15) is 0 Å². The molecule has 1 heterocycles. The summed E-state index contributed by atoms with van der Waals surface area (Å²) in [7, 11) is 0. The van der Waals surface area contributed by atoms with Gasteiger partial charge in [-0.3, -0.25) is 0 Å². The molecule has 0 N–H and O–H groups in total. The summed E-state index contributed by atoms with van der Waals surface area (Å²) in [5.41, 5.74) is 0. The van der Waals surface area contributed by atoms with Crippen molar-refractivity contribution in [2.75, 3.05) is 5.75 Å². The molecule has 0 saturated carbocycles. The van der Waals surface area contributed by atoms with Gasteiger partial charge in [0.15, 0.2) is 0 Å². The van der Waals surface area contributed by atoms with E-state index in [-0.39, 0.29) is 0 Å². The van der Waals surface area contributed by atoms with E-state index >= 15 is 0 Å². The molecule has 1 aliphatic heterocycles. The summed E-state index contributed by atoms with van der Waals surface area (Å²) in [5, 5.41) is 0. The maximum Gasteiger partial charge on any atom is 0.0771 e. The topological polar surface area (TPSA) is 0 Å². The lowest BCUT2D eigenvalue weighted by Gasteiger charge is -1.80. The van der Waals surface area contributed by atoms with E-state index < -0.39 is 0 Å². The van der Waals surface area contributed by atoms with E-state index in [1.807, 2.05) is 11.8 Å². The molecule has 30 valence electrons. The van der Waals surface area contributed by atoms with E-state index in [9.17, 15) is 0 Å². The maximum atomic E-state index is 3.45. The second-order valence-corrected chi connectivity index (χ2v) is 5.14. The Balaban J connectivity index is 2.38. The molecule has 5 heavy (non-hydrogen) atoms. The third-order valence-corrected chi connectivity index (χ3v) is 3.00. The molecule has 0 bridgehead atoms. The van der Waals surface area contributed by atoms with Crippen molar-refractivity contribution in [3.05, 3.63) is 0 Å². The molecule has 0 radical (unpaired) electrons. The normalized spacial score (nSPS) is 49.2. The van der Waals surface area contributed by atoms with Gasteiger partial charge in [-0.25, -0.2) is 0 Å². The molecule has 0 aromatic carbocycles. The maximum absolute atomic E-state index is 3.45. The molecule has 0 amide bonds. The van der Waals surface area contributed by atoms with E-state index in [0.717, 1.165) is 0 Å². The Morgan fingerprint density at radius 1 is 2.00 bits per heavy atom. The number of halogens is 1. The van der Waals surface area contributed by atoms with E-state index in [1.54, 1.807) is 0 Å². The number of alkyl halides is 1. The smallest absolute Gasteiger partial charge is 0.0771 e. The molecule has 2 heteroatoms. The van der Waals surface area contributed by atoms with Gasteiger partial charge in [-0.1, -0.05) is 15.9 Å². The van der Waals surface area contributed by atoms with Crippen LogP contribution in [0.4, 0.5) is 0 Å². The monoisotopic (exact) mass is 152 g/mol. The molecule has 0 aromatic heterocycles. The molecular weight excluding hydrogens is 148 g/mol. The van der Waals surface area contributed by atoms with Gasteiger partial charge in [0.2, 0.25) is 0 Å². The molecule has 1 saturated heterocycles. The third kappa shape index (κ3) is 1.14. The Kier molecular flexibility index (Phi) is 0.727. The van der Waals surface area contributed by atoms with Crippen LogP contribution in [0.5, 0.6) is 0 Å². The average Bonchev–Trinajstić information content (AvgIpc) is 1.76. The third-order valence-electron chi connectivity index (χ3n) is 0.542. The van der Waals surface area contributed by atoms with E-state index in [1.165, 1.54) is 5.75 Å². The lowest BCUT2D eigenvalue weighted by Crippen LogP contribution is -1.80. The number of rotatable bonds is 0. The minimum absolute atomic E-state index is 0.479. The average molecular weight is 153 g/mol. The Bertz CT molecular complexity index is 44.9. The van der Waals surface area contributed by atoms with Crippen molar-refractivity contribution in [3.63, 3.8) is 0 Å². The first-order chi connectivity index (χ1) is 2.21. The standard InChI is InChI=1S/C3H5BrS/c1-3(4)2-5-3/h2H2,1H3. The van der Waals surface area contributed by atoms with Crippen LogP contribution < -0.4 is 0 Å². The van der Waals surface area contributed by atoms with Gasteiger partial charge in [0, 0.05) is 5.75 Å². The van der Waals surface area contributed by atoms with E-state index in [2.05, 4.69) is 22.9 Å². The Hall–Kier alpha value is 0.830. The van der Waals surface area contributed by atoms with Crippen molar-refractivity contribution in [3.8, 4) is 0 Å². The molecule has 1 fully saturated rings. The highest BCUT2D eigenvalue weighted by Crippen LogP contribution is 2.49. The largest absolute Gasteiger partial charge is 0.141 e. The predicted octanol–water partition coefficient (Wildman–Crippen LogP) is 1.84. The van der Waals surface area contributed by atoms with Gasteiger partial charge in [0.1, 0.15) is 0 Å². The molecule has 1 aliphatic rings. The van der Waals surface area contributed by atoms with Crippen LogP contribution in [0, 0.1) is 0 Å². The summed E-state index contributed by atoms with van der Waals surface area (Å²) in [6.45, 7) is 2.18. The van der Waals surface area contributed by atoms with Crippen molar-refractivity contribution in [1.82, 2.24) is 0 Å². The van der Waals surface area contributed by atoms with Gasteiger partial charge in [-0.15, -0.1) is 11.8 Å². The predicted molar refractivity (Wildman–Crippen MR) is 29.8 cm³/mol. The quantitative estimate of drug-likeness (QED) is 0.378. The van der Waals surface area contributed by atoms with Crippen molar-refractivity contribution in [2.45, 2.75) is 10.6 Å². The first kappa shape index (κ1) is 4.00. The van der Waals surface area contributed by atoms with Crippen LogP contribution >= 0.6 is 27.7 Å². The van der Waals surface area contributed by atoms with Gasteiger partial charge < -0.3 is 0 Å². The molecular formula is C3H5BrS. The molecule has 0 aromatic rings. The molecule has 1 atom stereocenters. The lowest BCUT2D eigenvalue weighted by atomic mass is 10.6. The first-order valence-electron chi connectivity index (χ1n) is 1.54. The minimum atomic E-state index is 0.479. The van der Waals surface area contributed by atoms with Crippen LogP contribution in [-0.4, -0.2) is 9.41 Å². The SMILES string of the molecule is CC1(Br)CS1. The highest BCUT2D eigenvalue weighted by Gasteiger charge is 2.34. The summed E-state index contributed by atoms with van der Waals surface area (Å²) in [6.07, 6.45) is 0. The van der Waals surface area contributed by atoms with E-state index in [0.29, 0.717) is 3.66 Å². The van der Waals surface area contributed by atoms with Crippen LogP contribution in [0.1, 0.15) is 6.92 Å². The Morgan fingerprint density at radius 3 is 2.20 bits per heavy atom.